The van der Waals surface area contributed by atoms with E-state index in [1.165, 1.54) is 19.9 Å². The van der Waals surface area contributed by atoms with Crippen molar-refractivity contribution in [1.29, 1.82) is 0 Å². The number of aryl methyl sites for hydroxylation is 1. The SMILES string of the molecule is Cn1cc(C(=O)NCc2ccc(N3CCCCCC3)nc2)c(C(F)(F)F)n1. The smallest absolute Gasteiger partial charge is 0.357 e. The molecule has 1 aliphatic heterocycles. The van der Waals surface area contributed by atoms with Gasteiger partial charge < -0.3 is 10.2 Å². The number of hydrogen-bond donors (Lipinski definition) is 1. The Kier molecular flexibility index (Phi) is 5.67. The molecule has 9 heteroatoms. The van der Waals surface area contributed by atoms with Gasteiger partial charge in [-0.1, -0.05) is 18.9 Å². The summed E-state index contributed by atoms with van der Waals surface area (Å²) in [7, 11) is 1.34. The van der Waals surface area contributed by atoms with E-state index in [4.69, 9.17) is 0 Å². The molecule has 0 aliphatic carbocycles. The molecule has 0 spiro atoms. The number of pyridine rings is 1. The molecule has 2 aromatic heterocycles. The van der Waals surface area contributed by atoms with Crippen molar-refractivity contribution in [1.82, 2.24) is 20.1 Å². The van der Waals surface area contributed by atoms with Crippen LogP contribution in [0, 0.1) is 0 Å². The summed E-state index contributed by atoms with van der Waals surface area (Å²) in [6.07, 6.45) is 2.79. The van der Waals surface area contributed by atoms with Gasteiger partial charge in [0.1, 0.15) is 5.82 Å². The normalized spacial score (nSPS) is 15.5. The van der Waals surface area contributed by atoms with E-state index in [9.17, 15) is 18.0 Å². The molecular weight excluding hydrogens is 359 g/mol. The predicted octanol–water partition coefficient (Wildman–Crippen LogP) is 3.14. The lowest BCUT2D eigenvalue weighted by atomic mass is 10.2. The number of alkyl halides is 3. The zero-order valence-corrected chi connectivity index (χ0v) is 15.1. The van der Waals surface area contributed by atoms with Crippen LogP contribution in [0.5, 0.6) is 0 Å². The third-order valence-electron chi connectivity index (χ3n) is 4.53. The summed E-state index contributed by atoms with van der Waals surface area (Å²) in [5.41, 5.74) is -0.948. The molecule has 1 N–H and O–H groups in total. The van der Waals surface area contributed by atoms with Crippen LogP contribution in [-0.4, -0.2) is 33.8 Å². The quantitative estimate of drug-likeness (QED) is 0.884. The van der Waals surface area contributed by atoms with Crippen molar-refractivity contribution in [2.24, 2.45) is 7.05 Å². The number of hydrogen-bond acceptors (Lipinski definition) is 4. The molecular formula is C18H22F3N5O. The topological polar surface area (TPSA) is 63.1 Å². The number of nitrogens with zero attached hydrogens (tertiary/aromatic N) is 4. The molecule has 0 radical (unpaired) electrons. The highest BCUT2D eigenvalue weighted by Gasteiger charge is 2.38. The third-order valence-corrected chi connectivity index (χ3v) is 4.53. The van der Waals surface area contributed by atoms with Crippen LogP contribution in [0.25, 0.3) is 0 Å². The van der Waals surface area contributed by atoms with Gasteiger partial charge in [-0.05, 0) is 24.5 Å². The lowest BCUT2D eigenvalue weighted by molar-refractivity contribution is -0.141. The van der Waals surface area contributed by atoms with Crippen LogP contribution >= 0.6 is 0 Å². The zero-order valence-electron chi connectivity index (χ0n) is 15.1. The molecule has 3 rings (SSSR count). The van der Waals surface area contributed by atoms with Gasteiger partial charge in [0.25, 0.3) is 5.91 Å². The molecule has 0 aromatic carbocycles. The fourth-order valence-electron chi connectivity index (χ4n) is 3.15. The first-order valence-corrected chi connectivity index (χ1v) is 8.93. The van der Waals surface area contributed by atoms with E-state index < -0.39 is 23.3 Å². The Morgan fingerprint density at radius 1 is 1.19 bits per heavy atom. The number of rotatable bonds is 4. The largest absolute Gasteiger partial charge is 0.435 e. The maximum absolute atomic E-state index is 13.0. The Hall–Kier alpha value is -2.58. The lowest BCUT2D eigenvalue weighted by Crippen LogP contribution is -2.26. The summed E-state index contributed by atoms with van der Waals surface area (Å²) in [5.74, 6) is 0.0746. The van der Waals surface area contributed by atoms with Gasteiger partial charge in [0.05, 0.1) is 5.56 Å². The van der Waals surface area contributed by atoms with Crippen LogP contribution < -0.4 is 10.2 Å². The average molecular weight is 381 g/mol. The summed E-state index contributed by atoms with van der Waals surface area (Å²) < 4.78 is 39.9. The van der Waals surface area contributed by atoms with Crippen LogP contribution in [0.2, 0.25) is 0 Å². The first-order chi connectivity index (χ1) is 12.8. The number of carbonyl (C=O) groups excluding carboxylic acids is 1. The first kappa shape index (κ1) is 19.2. The third kappa shape index (κ3) is 4.78. The second-order valence-electron chi connectivity index (χ2n) is 6.67. The van der Waals surface area contributed by atoms with Crippen molar-refractivity contribution >= 4 is 11.7 Å². The van der Waals surface area contributed by atoms with Gasteiger partial charge >= 0.3 is 6.18 Å². The van der Waals surface area contributed by atoms with Crippen molar-refractivity contribution < 1.29 is 18.0 Å². The minimum absolute atomic E-state index is 0.0955. The summed E-state index contributed by atoms with van der Waals surface area (Å²) >= 11 is 0. The first-order valence-electron chi connectivity index (χ1n) is 8.93. The van der Waals surface area contributed by atoms with Crippen LogP contribution in [-0.2, 0) is 19.8 Å². The van der Waals surface area contributed by atoms with Crippen molar-refractivity contribution in [2.45, 2.75) is 38.4 Å². The Bertz CT molecular complexity index is 777. The number of carbonyl (C=O) groups is 1. The van der Waals surface area contributed by atoms with Gasteiger partial charge in [-0.15, -0.1) is 0 Å². The molecule has 2 aromatic rings. The molecule has 0 bridgehead atoms. The second kappa shape index (κ2) is 7.98. The minimum atomic E-state index is -4.68. The van der Waals surface area contributed by atoms with Gasteiger partial charge in [0.15, 0.2) is 5.69 Å². The number of aromatic nitrogens is 3. The van der Waals surface area contributed by atoms with E-state index in [2.05, 4.69) is 20.3 Å². The standard InChI is InChI=1S/C18H22F3N5O/c1-25-12-14(16(24-25)18(19,20)21)17(27)23-11-13-6-7-15(22-10-13)26-8-4-2-3-5-9-26/h6-7,10,12H,2-5,8-9,11H2,1H3,(H,23,27). The molecule has 1 amide bonds. The molecule has 1 saturated heterocycles. The van der Waals surface area contributed by atoms with E-state index in [-0.39, 0.29) is 6.54 Å². The lowest BCUT2D eigenvalue weighted by Gasteiger charge is -2.21. The van der Waals surface area contributed by atoms with E-state index in [0.717, 1.165) is 48.2 Å². The predicted molar refractivity (Wildman–Crippen MR) is 94.3 cm³/mol. The molecule has 6 nitrogen and oxygen atoms in total. The van der Waals surface area contributed by atoms with Gasteiger partial charge in [-0.3, -0.25) is 9.48 Å². The van der Waals surface area contributed by atoms with E-state index in [0.29, 0.717) is 0 Å². The molecule has 0 atom stereocenters. The van der Waals surface area contributed by atoms with E-state index in [1.54, 1.807) is 6.20 Å². The molecule has 27 heavy (non-hydrogen) atoms. The van der Waals surface area contributed by atoms with Crippen LogP contribution in [0.15, 0.2) is 24.5 Å². The summed E-state index contributed by atoms with van der Waals surface area (Å²) in [6.45, 7) is 2.05. The summed E-state index contributed by atoms with van der Waals surface area (Å²) in [4.78, 5) is 18.8. The number of halogens is 3. The highest BCUT2D eigenvalue weighted by Crippen LogP contribution is 2.30. The van der Waals surface area contributed by atoms with Crippen LogP contribution in [0.4, 0.5) is 19.0 Å². The maximum atomic E-state index is 13.0. The fraction of sp³-hybridized carbons (Fsp3) is 0.500. The molecule has 0 saturated carbocycles. The zero-order chi connectivity index (χ0) is 19.4. The second-order valence-corrected chi connectivity index (χ2v) is 6.67. The average Bonchev–Trinajstić information content (AvgIpc) is 2.86. The molecule has 146 valence electrons. The maximum Gasteiger partial charge on any atom is 0.435 e. The minimum Gasteiger partial charge on any atom is -0.357 e. The van der Waals surface area contributed by atoms with E-state index in [1.807, 2.05) is 12.1 Å². The highest BCUT2D eigenvalue weighted by atomic mass is 19.4. The number of nitrogens with one attached hydrogen (secondary N) is 1. The molecule has 0 unspecified atom stereocenters. The Morgan fingerprint density at radius 2 is 1.89 bits per heavy atom. The van der Waals surface area contributed by atoms with Gasteiger partial charge in [-0.2, -0.15) is 18.3 Å². The van der Waals surface area contributed by atoms with Gasteiger partial charge in [-0.25, -0.2) is 4.98 Å². The molecule has 1 fully saturated rings. The summed E-state index contributed by atoms with van der Waals surface area (Å²) in [6, 6.07) is 3.72. The van der Waals surface area contributed by atoms with Crippen molar-refractivity contribution in [2.75, 3.05) is 18.0 Å². The van der Waals surface area contributed by atoms with Gasteiger partial charge in [0, 0.05) is 39.1 Å². The summed E-state index contributed by atoms with van der Waals surface area (Å²) in [5, 5.41) is 5.85. The number of amides is 1. The molecule has 3 heterocycles. The number of anilines is 1. The molecule has 1 aliphatic rings. The Morgan fingerprint density at radius 3 is 2.48 bits per heavy atom. The highest BCUT2D eigenvalue weighted by molar-refractivity contribution is 5.95. The van der Waals surface area contributed by atoms with E-state index >= 15 is 0 Å². The Labute approximate surface area is 155 Å². The van der Waals surface area contributed by atoms with Crippen molar-refractivity contribution in [3.05, 3.63) is 41.3 Å². The van der Waals surface area contributed by atoms with Crippen molar-refractivity contribution in [3.8, 4) is 0 Å². The van der Waals surface area contributed by atoms with Crippen LogP contribution in [0.3, 0.4) is 0 Å². The van der Waals surface area contributed by atoms with Crippen LogP contribution in [0.1, 0.15) is 47.3 Å². The van der Waals surface area contributed by atoms with Crippen molar-refractivity contribution in [3.63, 3.8) is 0 Å². The monoisotopic (exact) mass is 381 g/mol. The Balaban J connectivity index is 1.62. The van der Waals surface area contributed by atoms with Gasteiger partial charge in [0.2, 0.25) is 0 Å². The fourth-order valence-corrected chi connectivity index (χ4v) is 3.15.